The van der Waals surface area contributed by atoms with Crippen LogP contribution in [0.5, 0.6) is 0 Å². The highest BCUT2D eigenvalue weighted by Crippen LogP contribution is 1.97. The maximum absolute atomic E-state index is 5.44. The summed E-state index contributed by atoms with van der Waals surface area (Å²) in [4.78, 5) is 2.07. The van der Waals surface area contributed by atoms with Crippen LogP contribution in [0, 0.1) is 0 Å². The Labute approximate surface area is 61.4 Å². The summed E-state index contributed by atoms with van der Waals surface area (Å²) in [5, 5.41) is 0. The molecule has 0 saturated heterocycles. The maximum Gasteiger partial charge on any atom is 0.0373 e. The van der Waals surface area contributed by atoms with Crippen LogP contribution in [0.15, 0.2) is 24.0 Å². The van der Waals surface area contributed by atoms with Crippen LogP contribution in [0.3, 0.4) is 0 Å². The highest BCUT2D eigenvalue weighted by Gasteiger charge is 1.93. The summed E-state index contributed by atoms with van der Waals surface area (Å²) in [7, 11) is 2.01. The molecule has 0 aromatic heterocycles. The number of likely N-dealkylation sites (N-methyl/N-ethyl adjacent to an activating group) is 1. The van der Waals surface area contributed by atoms with Crippen LogP contribution in [0.2, 0.25) is 0 Å². The molecule has 1 aliphatic rings. The van der Waals surface area contributed by atoms with Gasteiger partial charge in [-0.05, 0) is 12.2 Å². The second-order valence-electron chi connectivity index (χ2n) is 1.96. The Morgan fingerprint density at radius 2 is 2.33 bits per heavy atom. The largest absolute Gasteiger partial charge is 0.399 e. The lowest BCUT2D eigenvalue weighted by Gasteiger charge is -2.14. The van der Waals surface area contributed by atoms with Crippen LogP contribution in [-0.4, -0.2) is 18.5 Å². The molecule has 3 heteroatoms. The summed E-state index contributed by atoms with van der Waals surface area (Å²) >= 11 is 0. The van der Waals surface area contributed by atoms with Gasteiger partial charge in [0.15, 0.2) is 0 Å². The maximum atomic E-state index is 5.44. The number of rotatable bonds is 0. The SMILES string of the molecule is CN1C=CC(N)=CC1.Cl. The van der Waals surface area contributed by atoms with Gasteiger partial charge < -0.3 is 10.6 Å². The predicted octanol–water partition coefficient (Wildman–Crippen LogP) is 0.710. The van der Waals surface area contributed by atoms with E-state index in [4.69, 9.17) is 5.73 Å². The second kappa shape index (κ2) is 3.41. The first-order valence-corrected chi connectivity index (χ1v) is 2.63. The van der Waals surface area contributed by atoms with E-state index < -0.39 is 0 Å². The fourth-order valence-corrected chi connectivity index (χ4v) is 0.592. The monoisotopic (exact) mass is 146 g/mol. The van der Waals surface area contributed by atoms with Crippen LogP contribution < -0.4 is 5.73 Å². The molecule has 0 fully saturated rings. The van der Waals surface area contributed by atoms with E-state index in [2.05, 4.69) is 4.90 Å². The Morgan fingerprint density at radius 3 is 2.67 bits per heavy atom. The summed E-state index contributed by atoms with van der Waals surface area (Å²) in [6.45, 7) is 0.933. The van der Waals surface area contributed by atoms with Gasteiger partial charge in [-0.3, -0.25) is 0 Å². The van der Waals surface area contributed by atoms with Crippen molar-refractivity contribution in [2.75, 3.05) is 13.6 Å². The number of hydrogen-bond acceptors (Lipinski definition) is 2. The van der Waals surface area contributed by atoms with Gasteiger partial charge in [-0.25, -0.2) is 0 Å². The molecule has 0 aliphatic carbocycles. The smallest absolute Gasteiger partial charge is 0.0373 e. The van der Waals surface area contributed by atoms with Crippen molar-refractivity contribution in [3.63, 3.8) is 0 Å². The number of hydrogen-bond donors (Lipinski definition) is 1. The molecule has 0 atom stereocenters. The molecular weight excluding hydrogens is 136 g/mol. The third-order valence-corrected chi connectivity index (χ3v) is 1.14. The summed E-state index contributed by atoms with van der Waals surface area (Å²) < 4.78 is 0. The van der Waals surface area contributed by atoms with Gasteiger partial charge in [-0.1, -0.05) is 0 Å². The van der Waals surface area contributed by atoms with Crippen molar-refractivity contribution in [3.05, 3.63) is 24.0 Å². The molecule has 0 saturated carbocycles. The van der Waals surface area contributed by atoms with E-state index in [1.54, 1.807) is 0 Å². The standard InChI is InChI=1S/C6H10N2.ClH/c1-8-4-2-6(7)3-5-8;/h2-4H,5,7H2,1H3;1H. The summed E-state index contributed by atoms with van der Waals surface area (Å²) in [5.74, 6) is 0. The lowest BCUT2D eigenvalue weighted by Crippen LogP contribution is -2.15. The van der Waals surface area contributed by atoms with Gasteiger partial charge in [0, 0.05) is 25.5 Å². The van der Waals surface area contributed by atoms with Crippen molar-refractivity contribution < 1.29 is 0 Å². The topological polar surface area (TPSA) is 29.3 Å². The van der Waals surface area contributed by atoms with E-state index in [0.29, 0.717) is 0 Å². The molecule has 1 aliphatic heterocycles. The first-order chi connectivity index (χ1) is 3.79. The average molecular weight is 147 g/mol. The predicted molar refractivity (Wildman–Crippen MR) is 41.3 cm³/mol. The molecule has 2 nitrogen and oxygen atoms in total. The van der Waals surface area contributed by atoms with Crippen molar-refractivity contribution in [2.24, 2.45) is 5.73 Å². The molecular formula is C6H11ClN2. The molecule has 0 unspecified atom stereocenters. The summed E-state index contributed by atoms with van der Waals surface area (Å²) in [6, 6.07) is 0. The Balaban J connectivity index is 0.000000640. The van der Waals surface area contributed by atoms with Crippen LogP contribution in [0.25, 0.3) is 0 Å². The molecule has 0 radical (unpaired) electrons. The zero-order valence-electron chi connectivity index (χ0n) is 5.37. The van der Waals surface area contributed by atoms with Crippen LogP contribution in [0.4, 0.5) is 0 Å². The third kappa shape index (κ3) is 2.42. The zero-order chi connectivity index (χ0) is 5.98. The van der Waals surface area contributed by atoms with Gasteiger partial charge in [0.2, 0.25) is 0 Å². The number of halogens is 1. The van der Waals surface area contributed by atoms with Crippen LogP contribution in [0.1, 0.15) is 0 Å². The van der Waals surface area contributed by atoms with E-state index in [1.807, 2.05) is 25.4 Å². The van der Waals surface area contributed by atoms with Gasteiger partial charge in [-0.15, -0.1) is 12.4 Å². The third-order valence-electron chi connectivity index (χ3n) is 1.14. The van der Waals surface area contributed by atoms with Crippen molar-refractivity contribution >= 4 is 12.4 Å². The fraction of sp³-hybridized carbons (Fsp3) is 0.333. The van der Waals surface area contributed by atoms with E-state index in [9.17, 15) is 0 Å². The van der Waals surface area contributed by atoms with Crippen LogP contribution >= 0.6 is 12.4 Å². The minimum Gasteiger partial charge on any atom is -0.399 e. The van der Waals surface area contributed by atoms with Gasteiger partial charge >= 0.3 is 0 Å². The van der Waals surface area contributed by atoms with Gasteiger partial charge in [0.05, 0.1) is 0 Å². The lowest BCUT2D eigenvalue weighted by molar-refractivity contribution is 0.502. The van der Waals surface area contributed by atoms with Crippen LogP contribution in [-0.2, 0) is 0 Å². The molecule has 0 amide bonds. The Hall–Kier alpha value is -0.630. The first-order valence-electron chi connectivity index (χ1n) is 2.63. The van der Waals surface area contributed by atoms with Crippen molar-refractivity contribution in [1.82, 2.24) is 4.90 Å². The van der Waals surface area contributed by atoms with Gasteiger partial charge in [-0.2, -0.15) is 0 Å². The quantitative estimate of drug-likeness (QED) is 0.546. The molecule has 2 N–H and O–H groups in total. The van der Waals surface area contributed by atoms with Crippen molar-refractivity contribution in [3.8, 4) is 0 Å². The minimum absolute atomic E-state index is 0. The molecule has 1 heterocycles. The average Bonchev–Trinajstić information content (AvgIpc) is 1.77. The highest BCUT2D eigenvalue weighted by molar-refractivity contribution is 5.85. The fourth-order valence-electron chi connectivity index (χ4n) is 0.592. The minimum atomic E-state index is 0. The highest BCUT2D eigenvalue weighted by atomic mass is 35.5. The number of allylic oxidation sites excluding steroid dienone is 1. The molecule has 0 aromatic carbocycles. The summed E-state index contributed by atoms with van der Waals surface area (Å²) in [6.07, 6.45) is 5.85. The molecule has 0 aromatic rings. The van der Waals surface area contributed by atoms with E-state index >= 15 is 0 Å². The van der Waals surface area contributed by atoms with E-state index in [-0.39, 0.29) is 12.4 Å². The number of nitrogens with zero attached hydrogens (tertiary/aromatic N) is 1. The Bertz CT molecular complexity index is 140. The Kier molecular flexibility index (Phi) is 3.17. The second-order valence-corrected chi connectivity index (χ2v) is 1.96. The van der Waals surface area contributed by atoms with E-state index in [0.717, 1.165) is 12.2 Å². The molecule has 52 valence electrons. The molecule has 1 rings (SSSR count). The first kappa shape index (κ1) is 8.37. The van der Waals surface area contributed by atoms with Gasteiger partial charge in [0.1, 0.15) is 0 Å². The van der Waals surface area contributed by atoms with Crippen molar-refractivity contribution in [1.29, 1.82) is 0 Å². The molecule has 9 heavy (non-hydrogen) atoms. The Morgan fingerprint density at radius 1 is 1.67 bits per heavy atom. The summed E-state index contributed by atoms with van der Waals surface area (Å²) in [5.41, 5.74) is 6.31. The lowest BCUT2D eigenvalue weighted by atomic mass is 10.3. The zero-order valence-corrected chi connectivity index (χ0v) is 6.19. The van der Waals surface area contributed by atoms with E-state index in [1.165, 1.54) is 0 Å². The number of nitrogens with two attached hydrogens (primary N) is 1. The van der Waals surface area contributed by atoms with Gasteiger partial charge in [0.25, 0.3) is 0 Å². The molecule has 0 bridgehead atoms. The van der Waals surface area contributed by atoms with Crippen molar-refractivity contribution in [2.45, 2.75) is 0 Å². The molecule has 0 spiro atoms. The normalized spacial score (nSPS) is 16.6.